The predicted molar refractivity (Wildman–Crippen MR) is 51.6 cm³/mol. The van der Waals surface area contributed by atoms with Crippen molar-refractivity contribution in [3.05, 3.63) is 12.2 Å². The zero-order valence-corrected chi connectivity index (χ0v) is 8.18. The molecule has 2 nitrogen and oxygen atoms in total. The topological polar surface area (TPSA) is 15.3 Å². The third kappa shape index (κ3) is 2.30. The van der Waals surface area contributed by atoms with Gasteiger partial charge >= 0.3 is 0 Å². The van der Waals surface area contributed by atoms with Crippen molar-refractivity contribution in [3.63, 3.8) is 0 Å². The van der Waals surface area contributed by atoms with Gasteiger partial charge in [0, 0.05) is 38.6 Å². The van der Waals surface area contributed by atoms with Gasteiger partial charge < -0.3 is 5.32 Å². The molecular formula is C10H16F2N2. The summed E-state index contributed by atoms with van der Waals surface area (Å²) in [6.07, 6.45) is 3.33. The van der Waals surface area contributed by atoms with Crippen LogP contribution in [0.25, 0.3) is 0 Å². The molecule has 0 bridgehead atoms. The molecule has 1 heterocycles. The number of hydrogen-bond acceptors (Lipinski definition) is 2. The van der Waals surface area contributed by atoms with Gasteiger partial charge in [-0.2, -0.15) is 0 Å². The summed E-state index contributed by atoms with van der Waals surface area (Å²) in [6.45, 7) is 3.89. The van der Waals surface area contributed by atoms with E-state index in [0.29, 0.717) is 6.42 Å². The Bertz CT molecular complexity index is 222. The highest BCUT2D eigenvalue weighted by atomic mass is 19.3. The molecule has 1 atom stereocenters. The largest absolute Gasteiger partial charge is 0.314 e. The van der Waals surface area contributed by atoms with Gasteiger partial charge in [-0.1, -0.05) is 6.08 Å². The lowest BCUT2D eigenvalue weighted by molar-refractivity contribution is 0.0257. The van der Waals surface area contributed by atoms with Crippen molar-refractivity contribution < 1.29 is 8.78 Å². The molecule has 0 aromatic heterocycles. The summed E-state index contributed by atoms with van der Waals surface area (Å²) in [6, 6.07) is 0.233. The minimum atomic E-state index is -2.56. The number of hydrogen-bond donors (Lipinski definition) is 1. The molecule has 1 fully saturated rings. The molecule has 4 heteroatoms. The molecule has 14 heavy (non-hydrogen) atoms. The summed E-state index contributed by atoms with van der Waals surface area (Å²) in [5, 5.41) is 3.26. The van der Waals surface area contributed by atoms with Crippen LogP contribution in [-0.2, 0) is 0 Å². The Kier molecular flexibility index (Phi) is 2.83. The van der Waals surface area contributed by atoms with Crippen LogP contribution in [0.15, 0.2) is 12.2 Å². The quantitative estimate of drug-likeness (QED) is 0.644. The third-order valence-corrected chi connectivity index (χ3v) is 2.96. The third-order valence-electron chi connectivity index (χ3n) is 2.96. The highest BCUT2D eigenvalue weighted by molar-refractivity contribution is 5.07. The van der Waals surface area contributed by atoms with E-state index in [-0.39, 0.29) is 12.5 Å². The zero-order valence-electron chi connectivity index (χ0n) is 8.18. The maximum atomic E-state index is 12.8. The van der Waals surface area contributed by atoms with Crippen molar-refractivity contribution >= 4 is 0 Å². The first-order valence-corrected chi connectivity index (χ1v) is 5.19. The lowest BCUT2D eigenvalue weighted by Crippen LogP contribution is -2.48. The first-order chi connectivity index (χ1) is 6.67. The summed E-state index contributed by atoms with van der Waals surface area (Å²) >= 11 is 0. The van der Waals surface area contributed by atoms with E-state index in [4.69, 9.17) is 0 Å². The maximum absolute atomic E-state index is 12.8. The van der Waals surface area contributed by atoms with Crippen LogP contribution in [0.3, 0.4) is 0 Å². The second-order valence-corrected chi connectivity index (χ2v) is 4.01. The van der Waals surface area contributed by atoms with Crippen LogP contribution >= 0.6 is 0 Å². The summed E-state index contributed by atoms with van der Waals surface area (Å²) in [7, 11) is 0. The molecule has 2 aliphatic rings. The van der Waals surface area contributed by atoms with Gasteiger partial charge in [-0.3, -0.25) is 4.90 Å². The van der Waals surface area contributed by atoms with Crippen molar-refractivity contribution in [2.75, 3.05) is 26.2 Å². The second-order valence-electron chi connectivity index (χ2n) is 4.01. The van der Waals surface area contributed by atoms with Crippen molar-refractivity contribution in [2.24, 2.45) is 0 Å². The highest BCUT2D eigenvalue weighted by Crippen LogP contribution is 2.29. The highest BCUT2D eigenvalue weighted by Gasteiger charge is 2.32. The summed E-state index contributed by atoms with van der Waals surface area (Å²) in [4.78, 5) is 2.28. The Balaban J connectivity index is 1.93. The van der Waals surface area contributed by atoms with Crippen LogP contribution in [0.5, 0.6) is 0 Å². The van der Waals surface area contributed by atoms with E-state index in [2.05, 4.69) is 10.2 Å². The lowest BCUT2D eigenvalue weighted by atomic mass is 9.98. The van der Waals surface area contributed by atoms with E-state index < -0.39 is 5.92 Å². The van der Waals surface area contributed by atoms with E-state index in [1.807, 2.05) is 0 Å². The number of allylic oxidation sites excluding steroid dienone is 1. The lowest BCUT2D eigenvalue weighted by Gasteiger charge is -2.35. The van der Waals surface area contributed by atoms with Crippen molar-refractivity contribution in [1.29, 1.82) is 0 Å². The van der Waals surface area contributed by atoms with E-state index >= 15 is 0 Å². The predicted octanol–water partition coefficient (Wildman–Crippen LogP) is 1.25. The van der Waals surface area contributed by atoms with Crippen molar-refractivity contribution in [2.45, 2.75) is 24.8 Å². The summed E-state index contributed by atoms with van der Waals surface area (Å²) < 4.78 is 25.7. The average molecular weight is 202 g/mol. The van der Waals surface area contributed by atoms with Crippen molar-refractivity contribution in [1.82, 2.24) is 10.2 Å². The SMILES string of the molecule is FC1(F)C=C[C@H](N2CCNCC2)CC1. The molecule has 0 unspecified atom stereocenters. The fraction of sp³-hybridized carbons (Fsp3) is 0.800. The molecule has 1 saturated heterocycles. The summed E-state index contributed by atoms with van der Waals surface area (Å²) in [5.41, 5.74) is 0. The molecule has 0 aromatic carbocycles. The first kappa shape index (κ1) is 10.1. The monoisotopic (exact) mass is 202 g/mol. The Morgan fingerprint density at radius 2 is 2.00 bits per heavy atom. The molecule has 1 N–H and O–H groups in total. The van der Waals surface area contributed by atoms with Gasteiger partial charge in [-0.05, 0) is 12.5 Å². The Morgan fingerprint density at radius 1 is 1.29 bits per heavy atom. The van der Waals surface area contributed by atoms with Crippen LogP contribution < -0.4 is 5.32 Å². The van der Waals surface area contributed by atoms with Crippen LogP contribution in [0.1, 0.15) is 12.8 Å². The van der Waals surface area contributed by atoms with Gasteiger partial charge in [-0.25, -0.2) is 8.78 Å². The molecule has 0 saturated carbocycles. The zero-order chi connectivity index (χ0) is 10.0. The molecule has 2 rings (SSSR count). The molecule has 0 radical (unpaired) electrons. The Labute approximate surface area is 83.0 Å². The fourth-order valence-corrected chi connectivity index (χ4v) is 2.09. The van der Waals surface area contributed by atoms with Gasteiger partial charge in [0.25, 0.3) is 5.92 Å². The number of halogens is 2. The standard InChI is InChI=1S/C10H16F2N2/c11-10(12)3-1-9(2-4-10)14-7-5-13-6-8-14/h1,3,9,13H,2,4-8H2/t9-/m0/s1. The van der Waals surface area contributed by atoms with Gasteiger partial charge in [0.15, 0.2) is 0 Å². The van der Waals surface area contributed by atoms with Crippen LogP contribution in [0.4, 0.5) is 8.78 Å². The van der Waals surface area contributed by atoms with Crippen LogP contribution in [0, 0.1) is 0 Å². The Hall–Kier alpha value is -0.480. The smallest absolute Gasteiger partial charge is 0.266 e. The van der Waals surface area contributed by atoms with Gasteiger partial charge in [0.05, 0.1) is 0 Å². The number of nitrogens with zero attached hydrogens (tertiary/aromatic N) is 1. The number of alkyl halides is 2. The van der Waals surface area contributed by atoms with E-state index in [1.54, 1.807) is 6.08 Å². The van der Waals surface area contributed by atoms with E-state index in [9.17, 15) is 8.78 Å². The van der Waals surface area contributed by atoms with Crippen LogP contribution in [0.2, 0.25) is 0 Å². The number of piperazine rings is 1. The fourth-order valence-electron chi connectivity index (χ4n) is 2.09. The molecule has 1 aliphatic carbocycles. The van der Waals surface area contributed by atoms with Crippen LogP contribution in [-0.4, -0.2) is 43.0 Å². The normalized spacial score (nSPS) is 33.1. The molecule has 0 aromatic rings. The van der Waals surface area contributed by atoms with Gasteiger partial charge in [0.2, 0.25) is 0 Å². The second kappa shape index (κ2) is 3.95. The minimum Gasteiger partial charge on any atom is -0.314 e. The molecule has 0 spiro atoms. The molecular weight excluding hydrogens is 186 g/mol. The van der Waals surface area contributed by atoms with Gasteiger partial charge in [-0.15, -0.1) is 0 Å². The summed E-state index contributed by atoms with van der Waals surface area (Å²) in [5.74, 6) is -2.56. The number of nitrogens with one attached hydrogen (secondary N) is 1. The molecule has 80 valence electrons. The number of rotatable bonds is 1. The molecule has 0 amide bonds. The molecule has 1 aliphatic heterocycles. The van der Waals surface area contributed by atoms with E-state index in [0.717, 1.165) is 32.3 Å². The van der Waals surface area contributed by atoms with E-state index in [1.165, 1.54) is 0 Å². The Morgan fingerprint density at radius 3 is 2.57 bits per heavy atom. The van der Waals surface area contributed by atoms with Gasteiger partial charge in [0.1, 0.15) is 0 Å². The minimum absolute atomic E-state index is 0.00189. The van der Waals surface area contributed by atoms with Crippen molar-refractivity contribution in [3.8, 4) is 0 Å². The first-order valence-electron chi connectivity index (χ1n) is 5.19. The maximum Gasteiger partial charge on any atom is 0.266 e. The average Bonchev–Trinajstić information content (AvgIpc) is 2.19.